The number of benzene rings is 2. The molecule has 2 unspecified atom stereocenters. The number of hydrogen-bond acceptors (Lipinski definition) is 4. The summed E-state index contributed by atoms with van der Waals surface area (Å²) in [5, 5.41) is 0. The number of amides is 1. The van der Waals surface area contributed by atoms with Crippen molar-refractivity contribution in [3.05, 3.63) is 95.3 Å². The van der Waals surface area contributed by atoms with Gasteiger partial charge in [-0.15, -0.1) is 13.2 Å². The Morgan fingerprint density at radius 3 is 2.08 bits per heavy atom. The smallest absolute Gasteiger partial charge is 0.406 e. The number of halogens is 6. The molecule has 0 aliphatic heterocycles. The Bertz CT molecular complexity index is 1130. The van der Waals surface area contributed by atoms with Crippen LogP contribution >= 0.6 is 0 Å². The van der Waals surface area contributed by atoms with Gasteiger partial charge in [-0.2, -0.15) is 13.2 Å². The van der Waals surface area contributed by atoms with Crippen LogP contribution in [-0.2, 0) is 17.4 Å². The number of aryl methyl sites for hydroxylation is 1. The summed E-state index contributed by atoms with van der Waals surface area (Å²) < 4.78 is 80.1. The van der Waals surface area contributed by atoms with Crippen LogP contribution in [0.4, 0.5) is 26.3 Å². The Labute approximate surface area is 203 Å². The molecule has 11 heteroatoms. The molecule has 0 aliphatic rings. The lowest BCUT2D eigenvalue weighted by molar-refractivity contribution is -0.274. The van der Waals surface area contributed by atoms with Gasteiger partial charge in [0.25, 0.3) is 0 Å². The highest BCUT2D eigenvalue weighted by molar-refractivity contribution is 5.81. The minimum atomic E-state index is -4.85. The largest absolute Gasteiger partial charge is 0.573 e. The van der Waals surface area contributed by atoms with Crippen molar-refractivity contribution < 1.29 is 35.9 Å². The molecule has 3 aromatic rings. The molecule has 0 radical (unpaired) electrons. The van der Waals surface area contributed by atoms with Crippen molar-refractivity contribution in [2.24, 2.45) is 5.73 Å². The number of pyridine rings is 1. The minimum Gasteiger partial charge on any atom is -0.406 e. The highest BCUT2D eigenvalue weighted by Crippen LogP contribution is 2.34. The van der Waals surface area contributed by atoms with Crippen LogP contribution in [0.3, 0.4) is 0 Å². The maximum absolute atomic E-state index is 12.8. The predicted molar refractivity (Wildman–Crippen MR) is 120 cm³/mol. The van der Waals surface area contributed by atoms with Crippen molar-refractivity contribution in [2.45, 2.75) is 37.5 Å². The molecule has 36 heavy (non-hydrogen) atoms. The maximum Gasteiger partial charge on any atom is 0.573 e. The summed E-state index contributed by atoms with van der Waals surface area (Å²) >= 11 is 0. The number of ether oxygens (including phenoxy) is 1. The lowest BCUT2D eigenvalue weighted by Gasteiger charge is -2.34. The molecule has 5 nitrogen and oxygen atoms in total. The van der Waals surface area contributed by atoms with E-state index in [0.717, 1.165) is 24.4 Å². The van der Waals surface area contributed by atoms with E-state index < -0.39 is 42.0 Å². The fourth-order valence-electron chi connectivity index (χ4n) is 3.96. The highest BCUT2D eigenvalue weighted by Gasteiger charge is 2.33. The molecular formula is C25H23F6N3O2. The van der Waals surface area contributed by atoms with E-state index in [9.17, 15) is 31.1 Å². The van der Waals surface area contributed by atoms with Gasteiger partial charge < -0.3 is 10.5 Å². The normalized spacial score (nSPS) is 13.9. The third-order valence-corrected chi connectivity index (χ3v) is 5.60. The van der Waals surface area contributed by atoms with Crippen LogP contribution in [0.5, 0.6) is 5.75 Å². The van der Waals surface area contributed by atoms with Gasteiger partial charge in [0.05, 0.1) is 0 Å². The van der Waals surface area contributed by atoms with Crippen molar-refractivity contribution in [3.8, 4) is 5.75 Å². The molecule has 0 spiro atoms. The minimum absolute atomic E-state index is 0.279. The number of hydrogen-bond donors (Lipinski definition) is 1. The van der Waals surface area contributed by atoms with Gasteiger partial charge in [-0.3, -0.25) is 14.7 Å². The summed E-state index contributed by atoms with van der Waals surface area (Å²) in [4.78, 5) is 17.6. The molecular weight excluding hydrogens is 488 g/mol. The zero-order chi connectivity index (χ0) is 26.5. The summed E-state index contributed by atoms with van der Waals surface area (Å²) in [5.74, 6) is -1.05. The highest BCUT2D eigenvalue weighted by atomic mass is 19.4. The number of aromatic nitrogens is 1. The zero-order valence-electron chi connectivity index (χ0n) is 19.1. The average molecular weight is 511 g/mol. The van der Waals surface area contributed by atoms with Gasteiger partial charge >= 0.3 is 12.5 Å². The molecule has 2 N–H and O–H groups in total. The molecule has 0 fully saturated rings. The van der Waals surface area contributed by atoms with Crippen LogP contribution in [0.2, 0.25) is 0 Å². The van der Waals surface area contributed by atoms with E-state index in [4.69, 9.17) is 5.73 Å². The molecule has 192 valence electrons. The van der Waals surface area contributed by atoms with Gasteiger partial charge in [-0.25, -0.2) is 0 Å². The SMILES string of the molecule is CN(C(CCc1ccc(C(F)(F)F)nc1)c1ccc(OC(F)(F)F)cc1)C(C(N)=O)c1ccccc1. The Morgan fingerprint density at radius 2 is 1.58 bits per heavy atom. The lowest BCUT2D eigenvalue weighted by Crippen LogP contribution is -2.38. The van der Waals surface area contributed by atoms with Crippen molar-refractivity contribution in [1.29, 1.82) is 0 Å². The molecule has 0 aliphatic carbocycles. The first-order chi connectivity index (χ1) is 16.8. The lowest BCUT2D eigenvalue weighted by atomic mass is 9.95. The quantitative estimate of drug-likeness (QED) is 0.367. The number of nitrogens with two attached hydrogens (primary N) is 1. The maximum atomic E-state index is 12.8. The molecule has 0 bridgehead atoms. The van der Waals surface area contributed by atoms with Crippen LogP contribution < -0.4 is 10.5 Å². The molecule has 1 amide bonds. The number of alkyl halides is 6. The van der Waals surface area contributed by atoms with Gasteiger partial charge in [0, 0.05) is 12.2 Å². The van der Waals surface area contributed by atoms with Gasteiger partial charge in [0.15, 0.2) is 0 Å². The first-order valence-corrected chi connectivity index (χ1v) is 10.8. The van der Waals surface area contributed by atoms with Crippen LogP contribution in [-0.4, -0.2) is 29.2 Å². The Kier molecular flexibility index (Phi) is 8.24. The number of carbonyl (C=O) groups excluding carboxylic acids is 1. The van der Waals surface area contributed by atoms with Crippen LogP contribution in [0.1, 0.15) is 40.9 Å². The zero-order valence-corrected chi connectivity index (χ0v) is 19.1. The monoisotopic (exact) mass is 511 g/mol. The summed E-state index contributed by atoms with van der Waals surface area (Å²) in [7, 11) is 1.65. The number of primary amides is 1. The van der Waals surface area contributed by atoms with Crippen molar-refractivity contribution in [3.63, 3.8) is 0 Å². The molecule has 3 rings (SSSR count). The Balaban J connectivity index is 1.90. The van der Waals surface area contributed by atoms with Crippen LogP contribution in [0, 0.1) is 0 Å². The van der Waals surface area contributed by atoms with Crippen molar-refractivity contribution >= 4 is 5.91 Å². The van der Waals surface area contributed by atoms with Gasteiger partial charge in [-0.05, 0) is 54.8 Å². The van der Waals surface area contributed by atoms with E-state index in [2.05, 4.69) is 9.72 Å². The van der Waals surface area contributed by atoms with E-state index in [0.29, 0.717) is 23.1 Å². The van der Waals surface area contributed by atoms with Crippen molar-refractivity contribution in [2.75, 3.05) is 7.05 Å². The van der Waals surface area contributed by atoms with Gasteiger partial charge in [0.2, 0.25) is 5.91 Å². The van der Waals surface area contributed by atoms with Gasteiger partial charge in [-0.1, -0.05) is 48.5 Å². The van der Waals surface area contributed by atoms with E-state index in [1.54, 1.807) is 42.3 Å². The number of nitrogens with zero attached hydrogens (tertiary/aromatic N) is 2. The molecule has 1 aromatic heterocycles. The summed E-state index contributed by atoms with van der Waals surface area (Å²) in [6.07, 6.45) is -7.70. The molecule has 2 aromatic carbocycles. The second kappa shape index (κ2) is 11.0. The predicted octanol–water partition coefficient (Wildman–Crippen LogP) is 5.83. The fourth-order valence-corrected chi connectivity index (χ4v) is 3.96. The van der Waals surface area contributed by atoms with E-state index in [1.807, 2.05) is 0 Å². The third-order valence-electron chi connectivity index (χ3n) is 5.60. The average Bonchev–Trinajstić information content (AvgIpc) is 2.79. The fraction of sp³-hybridized carbons (Fsp3) is 0.280. The molecule has 0 saturated carbocycles. The Hall–Kier alpha value is -3.60. The van der Waals surface area contributed by atoms with E-state index >= 15 is 0 Å². The number of likely N-dealkylation sites (N-methyl/N-ethyl adjacent to an activating group) is 1. The summed E-state index contributed by atoms with van der Waals surface area (Å²) in [5.41, 5.74) is 6.39. The third kappa shape index (κ3) is 7.20. The molecule has 2 atom stereocenters. The first-order valence-electron chi connectivity index (χ1n) is 10.8. The number of rotatable bonds is 9. The first kappa shape index (κ1) is 27.0. The van der Waals surface area contributed by atoms with Crippen molar-refractivity contribution in [1.82, 2.24) is 9.88 Å². The second-order valence-electron chi connectivity index (χ2n) is 8.10. The summed E-state index contributed by atoms with van der Waals surface area (Å²) in [6, 6.07) is 14.7. The molecule has 0 saturated heterocycles. The Morgan fingerprint density at radius 1 is 0.944 bits per heavy atom. The second-order valence-corrected chi connectivity index (χ2v) is 8.10. The van der Waals surface area contributed by atoms with Gasteiger partial charge in [0.1, 0.15) is 17.5 Å². The standard InChI is InChI=1S/C25H23F6N3O2/c1-34(22(23(32)35)18-5-3-2-4-6-18)20(17-9-11-19(12-10-17)36-25(29,30)31)13-7-16-8-14-21(33-15-16)24(26,27)28/h2-6,8-12,14-15,20,22H,7,13H2,1H3,(H2,32,35). The number of carbonyl (C=O) groups is 1. The van der Waals surface area contributed by atoms with E-state index in [1.165, 1.54) is 18.2 Å². The van der Waals surface area contributed by atoms with Crippen LogP contribution in [0.25, 0.3) is 0 Å². The molecule has 1 heterocycles. The van der Waals surface area contributed by atoms with E-state index in [-0.39, 0.29) is 6.42 Å². The summed E-state index contributed by atoms with van der Waals surface area (Å²) in [6.45, 7) is 0. The topological polar surface area (TPSA) is 68.5 Å². The van der Waals surface area contributed by atoms with Crippen LogP contribution in [0.15, 0.2) is 72.9 Å².